The van der Waals surface area contributed by atoms with Crippen LogP contribution in [-0.2, 0) is 16.6 Å². The van der Waals surface area contributed by atoms with E-state index in [1.807, 2.05) is 6.92 Å². The van der Waals surface area contributed by atoms with E-state index in [1.54, 1.807) is 48.5 Å². The van der Waals surface area contributed by atoms with Gasteiger partial charge in [-0.25, -0.2) is 4.83 Å². The van der Waals surface area contributed by atoms with Crippen molar-refractivity contribution in [3.63, 3.8) is 0 Å². The molecule has 0 heterocycles. The van der Waals surface area contributed by atoms with Crippen LogP contribution in [-0.4, -0.2) is 21.7 Å². The van der Waals surface area contributed by atoms with E-state index in [2.05, 4.69) is 9.93 Å². The van der Waals surface area contributed by atoms with Crippen molar-refractivity contribution in [2.24, 2.45) is 5.10 Å². The molecule has 6 nitrogen and oxygen atoms in total. The Morgan fingerprint density at radius 2 is 1.74 bits per heavy atom. The molecule has 1 N–H and O–H groups in total. The molecular weight excluding hydrogens is 459 g/mol. The van der Waals surface area contributed by atoms with E-state index >= 15 is 0 Å². The van der Waals surface area contributed by atoms with Crippen molar-refractivity contribution in [1.29, 1.82) is 0 Å². The summed E-state index contributed by atoms with van der Waals surface area (Å²) in [6, 6.07) is 16.8. The molecule has 0 aromatic heterocycles. The fourth-order valence-electron chi connectivity index (χ4n) is 2.62. The number of rotatable bonds is 8. The topological polar surface area (TPSA) is 77.0 Å². The molecule has 31 heavy (non-hydrogen) atoms. The van der Waals surface area contributed by atoms with Crippen LogP contribution < -0.4 is 14.3 Å². The lowest BCUT2D eigenvalue weighted by Crippen LogP contribution is -2.18. The highest BCUT2D eigenvalue weighted by atomic mass is 35.5. The van der Waals surface area contributed by atoms with Crippen molar-refractivity contribution < 1.29 is 17.9 Å². The first-order chi connectivity index (χ1) is 14.8. The lowest BCUT2D eigenvalue weighted by Gasteiger charge is -2.12. The molecule has 0 aliphatic rings. The van der Waals surface area contributed by atoms with Gasteiger partial charge in [0.1, 0.15) is 6.61 Å². The van der Waals surface area contributed by atoms with Crippen LogP contribution in [0.5, 0.6) is 11.5 Å². The van der Waals surface area contributed by atoms with E-state index in [4.69, 9.17) is 32.7 Å². The van der Waals surface area contributed by atoms with Gasteiger partial charge in [0, 0.05) is 15.6 Å². The standard InChI is InChI=1S/C22H20Cl2N2O4S/c1-15-3-8-19(9-4-15)31(27,28)26-25-13-16-5-10-21(29-2)22(11-16)30-14-17-6-7-18(23)12-20(17)24/h3-13,26H,14H2,1-2H3. The van der Waals surface area contributed by atoms with Gasteiger partial charge < -0.3 is 9.47 Å². The highest BCUT2D eigenvalue weighted by Crippen LogP contribution is 2.30. The number of hydrogen-bond acceptors (Lipinski definition) is 5. The van der Waals surface area contributed by atoms with Crippen LogP contribution >= 0.6 is 23.2 Å². The van der Waals surface area contributed by atoms with E-state index < -0.39 is 10.0 Å². The van der Waals surface area contributed by atoms with Gasteiger partial charge in [0.15, 0.2) is 11.5 Å². The predicted molar refractivity (Wildman–Crippen MR) is 123 cm³/mol. The zero-order chi connectivity index (χ0) is 22.4. The minimum atomic E-state index is -3.75. The third-order valence-electron chi connectivity index (χ3n) is 4.30. The summed E-state index contributed by atoms with van der Waals surface area (Å²) >= 11 is 12.1. The maximum Gasteiger partial charge on any atom is 0.276 e. The van der Waals surface area contributed by atoms with Gasteiger partial charge in [-0.2, -0.15) is 13.5 Å². The lowest BCUT2D eigenvalue weighted by atomic mass is 10.2. The first-order valence-corrected chi connectivity index (χ1v) is 11.4. The molecule has 0 saturated heterocycles. The van der Waals surface area contributed by atoms with Crippen LogP contribution in [0.4, 0.5) is 0 Å². The molecule has 0 aliphatic heterocycles. The molecule has 3 aromatic rings. The van der Waals surface area contributed by atoms with Crippen molar-refractivity contribution in [1.82, 2.24) is 4.83 Å². The second-order valence-electron chi connectivity index (χ2n) is 6.60. The largest absolute Gasteiger partial charge is 0.493 e. The number of hydrazone groups is 1. The van der Waals surface area contributed by atoms with Crippen molar-refractivity contribution in [3.05, 3.63) is 87.4 Å². The van der Waals surface area contributed by atoms with Gasteiger partial charge in [0.25, 0.3) is 10.0 Å². The second kappa shape index (κ2) is 10.0. The Labute approximate surface area is 191 Å². The molecule has 0 atom stereocenters. The summed E-state index contributed by atoms with van der Waals surface area (Å²) in [5, 5.41) is 4.89. The maximum absolute atomic E-state index is 12.3. The van der Waals surface area contributed by atoms with Gasteiger partial charge in [-0.1, -0.05) is 47.0 Å². The lowest BCUT2D eigenvalue weighted by molar-refractivity contribution is 0.284. The summed E-state index contributed by atoms with van der Waals surface area (Å²) in [6.45, 7) is 2.08. The zero-order valence-corrected chi connectivity index (χ0v) is 19.1. The van der Waals surface area contributed by atoms with Crippen molar-refractivity contribution in [2.45, 2.75) is 18.4 Å². The van der Waals surface area contributed by atoms with Crippen LogP contribution in [0.25, 0.3) is 0 Å². The van der Waals surface area contributed by atoms with E-state index in [1.165, 1.54) is 25.5 Å². The average Bonchev–Trinajstić information content (AvgIpc) is 2.73. The number of nitrogens with one attached hydrogen (secondary N) is 1. The number of nitrogens with zero attached hydrogens (tertiary/aromatic N) is 1. The molecule has 0 spiro atoms. The second-order valence-corrected chi connectivity index (χ2v) is 9.11. The Bertz CT molecular complexity index is 1200. The molecule has 0 saturated carbocycles. The number of ether oxygens (including phenoxy) is 2. The summed E-state index contributed by atoms with van der Waals surface area (Å²) in [7, 11) is -2.23. The highest BCUT2D eigenvalue weighted by Gasteiger charge is 2.12. The van der Waals surface area contributed by atoms with E-state index in [-0.39, 0.29) is 11.5 Å². The van der Waals surface area contributed by atoms with Crippen molar-refractivity contribution >= 4 is 39.4 Å². The van der Waals surface area contributed by atoms with Gasteiger partial charge in [0.2, 0.25) is 0 Å². The Kier molecular flexibility index (Phi) is 7.43. The molecule has 0 unspecified atom stereocenters. The van der Waals surface area contributed by atoms with E-state index in [0.29, 0.717) is 27.1 Å². The SMILES string of the molecule is COc1ccc(C=NNS(=O)(=O)c2ccc(C)cc2)cc1OCc1ccc(Cl)cc1Cl. The van der Waals surface area contributed by atoms with Crippen molar-refractivity contribution in [3.8, 4) is 11.5 Å². The summed E-state index contributed by atoms with van der Waals surface area (Å²) in [6.07, 6.45) is 1.38. The van der Waals surface area contributed by atoms with Gasteiger partial charge >= 0.3 is 0 Å². The zero-order valence-electron chi connectivity index (χ0n) is 16.8. The van der Waals surface area contributed by atoms with Crippen LogP contribution in [0, 0.1) is 6.92 Å². The molecule has 0 aliphatic carbocycles. The minimum Gasteiger partial charge on any atom is -0.493 e. The smallest absolute Gasteiger partial charge is 0.276 e. The molecule has 0 bridgehead atoms. The number of hydrogen-bond donors (Lipinski definition) is 1. The molecule has 0 fully saturated rings. The molecule has 9 heteroatoms. The van der Waals surface area contributed by atoms with Crippen LogP contribution in [0.2, 0.25) is 10.0 Å². The number of methoxy groups -OCH3 is 1. The van der Waals surface area contributed by atoms with Crippen molar-refractivity contribution in [2.75, 3.05) is 7.11 Å². The molecule has 0 radical (unpaired) electrons. The number of aryl methyl sites for hydroxylation is 1. The summed E-state index contributed by atoms with van der Waals surface area (Å²) in [5.41, 5.74) is 2.34. The summed E-state index contributed by atoms with van der Waals surface area (Å²) in [4.78, 5) is 2.33. The number of sulfonamides is 1. The van der Waals surface area contributed by atoms with Gasteiger partial charge in [-0.3, -0.25) is 0 Å². The summed E-state index contributed by atoms with van der Waals surface area (Å²) in [5.74, 6) is 0.973. The maximum atomic E-state index is 12.3. The molecule has 162 valence electrons. The average molecular weight is 479 g/mol. The Balaban J connectivity index is 1.72. The molecular formula is C22H20Cl2N2O4S. The molecule has 0 amide bonds. The number of halogens is 2. The minimum absolute atomic E-state index is 0.133. The van der Waals surface area contributed by atoms with Crippen LogP contribution in [0.1, 0.15) is 16.7 Å². The molecule has 3 rings (SSSR count). The van der Waals surface area contributed by atoms with Gasteiger partial charge in [-0.15, -0.1) is 0 Å². The van der Waals surface area contributed by atoms with Gasteiger partial charge in [0.05, 0.1) is 18.2 Å². The van der Waals surface area contributed by atoms with Crippen LogP contribution in [0.15, 0.2) is 70.7 Å². The first-order valence-electron chi connectivity index (χ1n) is 9.15. The monoisotopic (exact) mass is 478 g/mol. The predicted octanol–water partition coefficient (Wildman–Crippen LogP) is 5.20. The Hall–Kier alpha value is -2.74. The quantitative estimate of drug-likeness (QED) is 0.356. The van der Waals surface area contributed by atoms with Gasteiger partial charge in [-0.05, 0) is 55.0 Å². The fourth-order valence-corrected chi connectivity index (χ4v) is 3.88. The third kappa shape index (κ3) is 6.13. The van der Waals surface area contributed by atoms with E-state index in [0.717, 1.165) is 11.1 Å². The molecule has 3 aromatic carbocycles. The first kappa shape index (κ1) is 22.9. The number of benzene rings is 3. The summed E-state index contributed by atoms with van der Waals surface area (Å²) < 4.78 is 35.8. The normalized spacial score (nSPS) is 11.5. The van der Waals surface area contributed by atoms with E-state index in [9.17, 15) is 8.42 Å². The highest BCUT2D eigenvalue weighted by molar-refractivity contribution is 7.89. The fraction of sp³-hybridized carbons (Fsp3) is 0.136. The third-order valence-corrected chi connectivity index (χ3v) is 6.13. The van der Waals surface area contributed by atoms with Crippen LogP contribution in [0.3, 0.4) is 0 Å². The Morgan fingerprint density at radius 1 is 1.00 bits per heavy atom. The Morgan fingerprint density at radius 3 is 2.42 bits per heavy atom.